The van der Waals surface area contributed by atoms with Crippen LogP contribution in [0.4, 0.5) is 0 Å². The summed E-state index contributed by atoms with van der Waals surface area (Å²) in [4.78, 5) is 25.2. The molecule has 0 saturated heterocycles. The first-order chi connectivity index (χ1) is 10.4. The first kappa shape index (κ1) is 17.2. The highest BCUT2D eigenvalue weighted by Gasteiger charge is 2.35. The van der Waals surface area contributed by atoms with Gasteiger partial charge in [-0.2, -0.15) is 0 Å². The molecule has 0 aromatic heterocycles. The lowest BCUT2D eigenvalue weighted by molar-refractivity contribution is -0.136. The molecule has 2 rings (SSSR count). The molecule has 22 heavy (non-hydrogen) atoms. The zero-order valence-corrected chi connectivity index (χ0v) is 15.6. The number of phenolic OH excluding ortho intramolecular Hbond substituents is 1. The number of hydrogen-bond donors (Lipinski definition) is 1. The highest BCUT2D eigenvalue weighted by Crippen LogP contribution is 2.30. The van der Waals surface area contributed by atoms with Crippen molar-refractivity contribution in [1.82, 2.24) is 4.90 Å². The number of halogens is 2. The van der Waals surface area contributed by atoms with Crippen LogP contribution >= 0.6 is 31.9 Å². The van der Waals surface area contributed by atoms with Crippen LogP contribution in [0.5, 0.6) is 5.75 Å². The number of aryl methyl sites for hydroxylation is 2. The summed E-state index contributed by atoms with van der Waals surface area (Å²) in [5, 5.41) is 10.1. The average molecular weight is 431 g/mol. The molecule has 0 unspecified atom stereocenters. The lowest BCUT2D eigenvalue weighted by Crippen LogP contribution is -2.33. The predicted molar refractivity (Wildman–Crippen MR) is 92.2 cm³/mol. The maximum Gasteiger partial charge on any atom is 0.269 e. The first-order valence-corrected chi connectivity index (χ1v) is 8.74. The molecule has 0 radical (unpaired) electrons. The molecule has 0 saturated carbocycles. The Balaban J connectivity index is 2.16. The van der Waals surface area contributed by atoms with E-state index in [4.69, 9.17) is 0 Å². The van der Waals surface area contributed by atoms with Gasteiger partial charge in [-0.05, 0) is 67.8 Å². The molecule has 0 atom stereocenters. The lowest BCUT2D eigenvalue weighted by atomic mass is 9.99. The number of phenols is 1. The summed E-state index contributed by atoms with van der Waals surface area (Å²) in [6.45, 7) is 4.30. The van der Waals surface area contributed by atoms with Gasteiger partial charge in [0.05, 0.1) is 0 Å². The summed E-state index contributed by atoms with van der Waals surface area (Å²) >= 11 is 6.24. The van der Waals surface area contributed by atoms with Crippen LogP contribution in [0.1, 0.15) is 30.5 Å². The molecule has 1 aliphatic heterocycles. The number of nitrogens with zero attached hydrogens (tertiary/aromatic N) is 1. The first-order valence-electron chi connectivity index (χ1n) is 7.15. The molecular formula is C16H17Br2NO3. The third kappa shape index (κ3) is 3.13. The van der Waals surface area contributed by atoms with Crippen molar-refractivity contribution in [3.05, 3.63) is 37.8 Å². The minimum atomic E-state index is -0.318. The van der Waals surface area contributed by atoms with Crippen molar-refractivity contribution in [2.45, 2.75) is 33.1 Å². The number of aromatic hydroxyl groups is 1. The van der Waals surface area contributed by atoms with Crippen molar-refractivity contribution in [2.24, 2.45) is 0 Å². The second-order valence-electron chi connectivity index (χ2n) is 5.11. The molecule has 1 heterocycles. The van der Waals surface area contributed by atoms with Crippen molar-refractivity contribution < 1.29 is 14.7 Å². The third-order valence-corrected chi connectivity index (χ3v) is 5.78. The Bertz CT molecular complexity index is 618. The molecule has 1 aliphatic rings. The molecule has 0 spiro atoms. The van der Waals surface area contributed by atoms with Crippen LogP contribution in [0.25, 0.3) is 0 Å². The second-order valence-corrected chi connectivity index (χ2v) is 6.70. The number of carbonyl (C=O) groups excluding carboxylic acids is 2. The monoisotopic (exact) mass is 429 g/mol. The van der Waals surface area contributed by atoms with Crippen molar-refractivity contribution in [2.75, 3.05) is 6.54 Å². The van der Waals surface area contributed by atoms with Gasteiger partial charge in [-0.3, -0.25) is 14.5 Å². The number of rotatable bonds is 5. The standard InChI is InChI=1S/C16H17Br2NO3/c1-3-10-7-9(8-11(4-2)14(10)20)5-6-19-15(21)12(17)13(18)16(19)22/h7-8,20H,3-6H2,1-2H3. The number of benzene rings is 1. The predicted octanol–water partition coefficient (Wildman–Crippen LogP) is 3.43. The highest BCUT2D eigenvalue weighted by molar-refractivity contribution is 9.14. The molecule has 118 valence electrons. The van der Waals surface area contributed by atoms with E-state index >= 15 is 0 Å². The fourth-order valence-electron chi connectivity index (χ4n) is 2.48. The van der Waals surface area contributed by atoms with Crippen LogP contribution in [-0.2, 0) is 28.9 Å². The second kappa shape index (κ2) is 6.96. The van der Waals surface area contributed by atoms with Gasteiger partial charge in [0.2, 0.25) is 0 Å². The zero-order valence-electron chi connectivity index (χ0n) is 12.4. The van der Waals surface area contributed by atoms with Gasteiger partial charge >= 0.3 is 0 Å². The minimum Gasteiger partial charge on any atom is -0.507 e. The van der Waals surface area contributed by atoms with E-state index in [9.17, 15) is 14.7 Å². The van der Waals surface area contributed by atoms with E-state index in [2.05, 4.69) is 31.9 Å². The SMILES string of the molecule is CCc1cc(CCN2C(=O)C(Br)=C(Br)C2=O)cc(CC)c1O. The van der Waals surface area contributed by atoms with Crippen LogP contribution in [0, 0.1) is 0 Å². The Kier molecular flexibility index (Phi) is 5.45. The Morgan fingerprint density at radius 2 is 1.45 bits per heavy atom. The summed E-state index contributed by atoms with van der Waals surface area (Å²) < 4.78 is 0.540. The van der Waals surface area contributed by atoms with Gasteiger partial charge in [-0.1, -0.05) is 26.0 Å². The van der Waals surface area contributed by atoms with E-state index in [1.165, 1.54) is 4.90 Å². The number of imide groups is 1. The largest absolute Gasteiger partial charge is 0.507 e. The molecule has 2 amide bonds. The van der Waals surface area contributed by atoms with Crippen LogP contribution in [0.3, 0.4) is 0 Å². The van der Waals surface area contributed by atoms with Gasteiger partial charge in [0, 0.05) is 6.54 Å². The third-order valence-electron chi connectivity index (χ3n) is 3.77. The number of amides is 2. The number of hydrogen-bond acceptors (Lipinski definition) is 3. The van der Waals surface area contributed by atoms with E-state index in [0.717, 1.165) is 29.5 Å². The maximum absolute atomic E-state index is 12.0. The summed E-state index contributed by atoms with van der Waals surface area (Å²) in [5.41, 5.74) is 2.81. The van der Waals surface area contributed by atoms with Gasteiger partial charge in [0.15, 0.2) is 0 Å². The van der Waals surface area contributed by atoms with E-state index in [-0.39, 0.29) is 20.8 Å². The van der Waals surface area contributed by atoms with Crippen LogP contribution in [-0.4, -0.2) is 28.4 Å². The van der Waals surface area contributed by atoms with Gasteiger partial charge in [0.25, 0.3) is 11.8 Å². The van der Waals surface area contributed by atoms with Crippen molar-refractivity contribution in [3.63, 3.8) is 0 Å². The molecule has 1 aromatic carbocycles. The Morgan fingerprint density at radius 3 is 1.86 bits per heavy atom. The number of carbonyl (C=O) groups is 2. The Hall–Kier alpha value is -1.14. The summed E-state index contributed by atoms with van der Waals surface area (Å²) in [6.07, 6.45) is 2.05. The van der Waals surface area contributed by atoms with E-state index in [0.29, 0.717) is 18.7 Å². The fourth-order valence-corrected chi connectivity index (χ4v) is 3.24. The molecular weight excluding hydrogens is 414 g/mol. The smallest absolute Gasteiger partial charge is 0.269 e. The molecule has 0 fully saturated rings. The van der Waals surface area contributed by atoms with Crippen molar-refractivity contribution in [1.29, 1.82) is 0 Å². The molecule has 1 N–H and O–H groups in total. The molecule has 0 aliphatic carbocycles. The molecule has 1 aromatic rings. The summed E-state index contributed by atoms with van der Waals surface area (Å²) in [6, 6.07) is 3.88. The summed E-state index contributed by atoms with van der Waals surface area (Å²) in [5.74, 6) is -0.279. The van der Waals surface area contributed by atoms with Gasteiger partial charge in [-0.25, -0.2) is 0 Å². The summed E-state index contributed by atoms with van der Waals surface area (Å²) in [7, 11) is 0. The van der Waals surface area contributed by atoms with Gasteiger partial charge in [-0.15, -0.1) is 0 Å². The van der Waals surface area contributed by atoms with E-state index in [1.807, 2.05) is 26.0 Å². The molecule has 6 heteroatoms. The quantitative estimate of drug-likeness (QED) is 0.728. The Labute approximate surface area is 146 Å². The van der Waals surface area contributed by atoms with Crippen molar-refractivity contribution >= 4 is 43.7 Å². The van der Waals surface area contributed by atoms with E-state index in [1.54, 1.807) is 0 Å². The van der Waals surface area contributed by atoms with Crippen LogP contribution < -0.4 is 0 Å². The zero-order chi connectivity index (χ0) is 16.4. The van der Waals surface area contributed by atoms with Crippen LogP contribution in [0.2, 0.25) is 0 Å². The topological polar surface area (TPSA) is 57.6 Å². The highest BCUT2D eigenvalue weighted by atomic mass is 79.9. The van der Waals surface area contributed by atoms with Crippen LogP contribution in [0.15, 0.2) is 21.1 Å². The van der Waals surface area contributed by atoms with Gasteiger partial charge < -0.3 is 5.11 Å². The lowest BCUT2D eigenvalue weighted by Gasteiger charge is -2.16. The molecule has 0 bridgehead atoms. The Morgan fingerprint density at radius 1 is 1.00 bits per heavy atom. The normalized spacial score (nSPS) is 15.2. The maximum atomic E-state index is 12.0. The minimum absolute atomic E-state index is 0.270. The van der Waals surface area contributed by atoms with Gasteiger partial charge in [0.1, 0.15) is 14.7 Å². The average Bonchev–Trinajstić information content (AvgIpc) is 2.70. The van der Waals surface area contributed by atoms with Crippen molar-refractivity contribution in [3.8, 4) is 5.75 Å². The van der Waals surface area contributed by atoms with E-state index < -0.39 is 0 Å². The molecule has 4 nitrogen and oxygen atoms in total. The fraction of sp³-hybridized carbons (Fsp3) is 0.375.